The van der Waals surface area contributed by atoms with Gasteiger partial charge in [-0.25, -0.2) is 0 Å². The van der Waals surface area contributed by atoms with Gasteiger partial charge in [0.25, 0.3) is 0 Å². The second-order valence-electron chi connectivity index (χ2n) is 5.44. The van der Waals surface area contributed by atoms with E-state index in [4.69, 9.17) is 14.2 Å². The number of fused-ring (bicyclic) bond motifs is 1. The first kappa shape index (κ1) is 14.0. The van der Waals surface area contributed by atoms with Crippen LogP contribution in [0.4, 0.5) is 0 Å². The molecule has 3 rings (SSSR count). The van der Waals surface area contributed by atoms with Gasteiger partial charge in [0.15, 0.2) is 0 Å². The molecule has 1 saturated heterocycles. The van der Waals surface area contributed by atoms with Gasteiger partial charge in [-0.1, -0.05) is 25.1 Å². The van der Waals surface area contributed by atoms with Gasteiger partial charge in [0, 0.05) is 0 Å². The van der Waals surface area contributed by atoms with E-state index in [0.29, 0.717) is 19.8 Å². The van der Waals surface area contributed by atoms with E-state index in [-0.39, 0.29) is 12.1 Å². The van der Waals surface area contributed by atoms with Gasteiger partial charge in [0.05, 0.1) is 39.1 Å². The Morgan fingerprint density at radius 1 is 1.20 bits per heavy atom. The molecule has 4 heteroatoms. The lowest BCUT2D eigenvalue weighted by Gasteiger charge is -2.31. The third-order valence-corrected chi connectivity index (χ3v) is 3.93. The van der Waals surface area contributed by atoms with Crippen molar-refractivity contribution in [3.63, 3.8) is 0 Å². The number of nitrogens with one attached hydrogen (secondary N) is 1. The van der Waals surface area contributed by atoms with Crippen molar-refractivity contribution in [2.24, 2.45) is 0 Å². The molecule has 0 bridgehead atoms. The third-order valence-electron chi connectivity index (χ3n) is 3.93. The average Bonchev–Trinajstić information content (AvgIpc) is 2.96. The van der Waals surface area contributed by atoms with E-state index in [0.717, 1.165) is 26.2 Å². The maximum Gasteiger partial charge on any atom is 0.100 e. The van der Waals surface area contributed by atoms with Gasteiger partial charge in [0.2, 0.25) is 0 Å². The van der Waals surface area contributed by atoms with Crippen LogP contribution in [0.3, 0.4) is 0 Å². The summed E-state index contributed by atoms with van der Waals surface area (Å²) in [4.78, 5) is 0. The highest BCUT2D eigenvalue weighted by atomic mass is 16.6. The van der Waals surface area contributed by atoms with Crippen LogP contribution in [0.15, 0.2) is 18.2 Å². The molecular formula is C16H23NO3. The molecule has 0 aliphatic carbocycles. The Morgan fingerprint density at radius 3 is 2.90 bits per heavy atom. The summed E-state index contributed by atoms with van der Waals surface area (Å²) in [7, 11) is 0. The van der Waals surface area contributed by atoms with Crippen LogP contribution >= 0.6 is 0 Å². The molecule has 0 amide bonds. The number of benzene rings is 1. The zero-order chi connectivity index (χ0) is 13.8. The summed E-state index contributed by atoms with van der Waals surface area (Å²) in [5, 5.41) is 3.60. The first-order valence-electron chi connectivity index (χ1n) is 7.50. The van der Waals surface area contributed by atoms with E-state index < -0.39 is 0 Å². The molecule has 1 N–H and O–H groups in total. The summed E-state index contributed by atoms with van der Waals surface area (Å²) in [6, 6.07) is 6.83. The first-order valence-corrected chi connectivity index (χ1v) is 7.50. The quantitative estimate of drug-likeness (QED) is 0.895. The molecule has 1 fully saturated rings. The lowest BCUT2D eigenvalue weighted by molar-refractivity contribution is -0.102. The van der Waals surface area contributed by atoms with Crippen molar-refractivity contribution < 1.29 is 14.2 Å². The number of hydrogen-bond acceptors (Lipinski definition) is 4. The van der Waals surface area contributed by atoms with Gasteiger partial charge in [-0.15, -0.1) is 0 Å². The standard InChI is InChI=1S/C16H23NO3/c1-2-5-17-16(15-11-18-6-7-20-15)12-3-4-13-9-19-10-14(13)8-12/h3-4,8,15-17H,2,5-7,9-11H2,1H3. The smallest absolute Gasteiger partial charge is 0.100 e. The van der Waals surface area contributed by atoms with Gasteiger partial charge in [-0.3, -0.25) is 0 Å². The predicted octanol–water partition coefficient (Wildman–Crippen LogP) is 2.17. The Kier molecular flexibility index (Phi) is 4.68. The lowest BCUT2D eigenvalue weighted by atomic mass is 9.97. The van der Waals surface area contributed by atoms with Crippen LogP contribution in [0.5, 0.6) is 0 Å². The predicted molar refractivity (Wildman–Crippen MR) is 76.5 cm³/mol. The van der Waals surface area contributed by atoms with Crippen LogP contribution in [0.2, 0.25) is 0 Å². The fraction of sp³-hybridized carbons (Fsp3) is 0.625. The summed E-state index contributed by atoms with van der Waals surface area (Å²) in [5.41, 5.74) is 3.89. The second kappa shape index (κ2) is 6.68. The van der Waals surface area contributed by atoms with Crippen molar-refractivity contribution in [2.75, 3.05) is 26.4 Å². The highest BCUT2D eigenvalue weighted by molar-refractivity contribution is 5.35. The average molecular weight is 277 g/mol. The van der Waals surface area contributed by atoms with Gasteiger partial charge in [-0.2, -0.15) is 0 Å². The van der Waals surface area contributed by atoms with Gasteiger partial charge >= 0.3 is 0 Å². The Morgan fingerprint density at radius 2 is 2.10 bits per heavy atom. The molecule has 20 heavy (non-hydrogen) atoms. The van der Waals surface area contributed by atoms with E-state index in [2.05, 4.69) is 30.4 Å². The zero-order valence-electron chi connectivity index (χ0n) is 12.1. The zero-order valence-corrected chi connectivity index (χ0v) is 12.1. The largest absolute Gasteiger partial charge is 0.376 e. The minimum Gasteiger partial charge on any atom is -0.376 e. The van der Waals surface area contributed by atoms with Crippen molar-refractivity contribution in [3.8, 4) is 0 Å². The van der Waals surface area contributed by atoms with Crippen molar-refractivity contribution in [3.05, 3.63) is 34.9 Å². The third kappa shape index (κ3) is 3.04. The molecule has 2 aliphatic heterocycles. The lowest BCUT2D eigenvalue weighted by Crippen LogP contribution is -2.40. The molecule has 0 aromatic heterocycles. The highest BCUT2D eigenvalue weighted by Gasteiger charge is 2.27. The van der Waals surface area contributed by atoms with Crippen LogP contribution < -0.4 is 5.32 Å². The summed E-state index contributed by atoms with van der Waals surface area (Å²) in [5.74, 6) is 0. The first-order chi connectivity index (χ1) is 9.88. The molecule has 4 nitrogen and oxygen atoms in total. The van der Waals surface area contributed by atoms with Crippen molar-refractivity contribution in [1.29, 1.82) is 0 Å². The Balaban J connectivity index is 1.80. The minimum atomic E-state index is 0.0932. The normalized spacial score (nSPS) is 23.6. The highest BCUT2D eigenvalue weighted by Crippen LogP contribution is 2.27. The van der Waals surface area contributed by atoms with E-state index in [1.807, 2.05) is 0 Å². The van der Waals surface area contributed by atoms with Crippen molar-refractivity contribution in [2.45, 2.75) is 38.7 Å². The number of hydrogen-bond donors (Lipinski definition) is 1. The van der Waals surface area contributed by atoms with Gasteiger partial charge in [0.1, 0.15) is 6.10 Å². The fourth-order valence-corrected chi connectivity index (χ4v) is 2.85. The Bertz CT molecular complexity index is 443. The summed E-state index contributed by atoms with van der Waals surface area (Å²) in [6.45, 7) is 6.68. The molecule has 1 aromatic carbocycles. The van der Waals surface area contributed by atoms with Gasteiger partial charge < -0.3 is 19.5 Å². The Labute approximate surface area is 120 Å². The van der Waals surface area contributed by atoms with Crippen LogP contribution in [0.1, 0.15) is 36.1 Å². The maximum atomic E-state index is 5.89. The van der Waals surface area contributed by atoms with E-state index in [1.165, 1.54) is 16.7 Å². The molecule has 1 aromatic rings. The summed E-state index contributed by atoms with van der Waals surface area (Å²) < 4.78 is 17.0. The molecule has 0 radical (unpaired) electrons. The minimum absolute atomic E-state index is 0.0932. The molecule has 0 spiro atoms. The van der Waals surface area contributed by atoms with Crippen LogP contribution in [0.25, 0.3) is 0 Å². The monoisotopic (exact) mass is 277 g/mol. The second-order valence-corrected chi connectivity index (χ2v) is 5.44. The van der Waals surface area contributed by atoms with Crippen LogP contribution in [-0.4, -0.2) is 32.5 Å². The van der Waals surface area contributed by atoms with Crippen LogP contribution in [0, 0.1) is 0 Å². The summed E-state index contributed by atoms with van der Waals surface area (Å²) in [6.07, 6.45) is 1.20. The molecule has 2 unspecified atom stereocenters. The SMILES string of the molecule is CCCNC(c1ccc2c(c1)COC2)C1COCCO1. The van der Waals surface area contributed by atoms with Crippen molar-refractivity contribution in [1.82, 2.24) is 5.32 Å². The molecule has 2 heterocycles. The molecule has 2 atom stereocenters. The Hall–Kier alpha value is -0.940. The molecule has 2 aliphatic rings. The summed E-state index contributed by atoms with van der Waals surface area (Å²) >= 11 is 0. The number of ether oxygens (including phenoxy) is 3. The fourth-order valence-electron chi connectivity index (χ4n) is 2.85. The van der Waals surface area contributed by atoms with Crippen LogP contribution in [-0.2, 0) is 27.4 Å². The van der Waals surface area contributed by atoms with E-state index in [9.17, 15) is 0 Å². The van der Waals surface area contributed by atoms with E-state index in [1.54, 1.807) is 0 Å². The van der Waals surface area contributed by atoms with Crippen molar-refractivity contribution >= 4 is 0 Å². The molecular weight excluding hydrogens is 254 g/mol. The number of rotatable bonds is 5. The molecule has 110 valence electrons. The topological polar surface area (TPSA) is 39.7 Å². The molecule has 0 saturated carbocycles. The maximum absolute atomic E-state index is 5.89. The van der Waals surface area contributed by atoms with E-state index >= 15 is 0 Å². The van der Waals surface area contributed by atoms with Gasteiger partial charge in [-0.05, 0) is 29.7 Å².